The van der Waals surface area contributed by atoms with Crippen LogP contribution in [-0.4, -0.2) is 17.4 Å². The second-order valence-corrected chi connectivity index (χ2v) is 5.52. The van der Waals surface area contributed by atoms with E-state index >= 15 is 0 Å². The number of fused-ring (bicyclic) bond motifs is 3. The number of rotatable bonds is 1. The van der Waals surface area contributed by atoms with E-state index in [2.05, 4.69) is 29.4 Å². The van der Waals surface area contributed by atoms with Gasteiger partial charge in [-0.2, -0.15) is 0 Å². The highest BCUT2D eigenvalue weighted by Gasteiger charge is 2.19. The Morgan fingerprint density at radius 2 is 2.11 bits per heavy atom. The Kier molecular flexibility index (Phi) is 3.25. The zero-order valence-electron chi connectivity index (χ0n) is 10.6. The molecule has 0 unspecified atom stereocenters. The molecule has 1 heterocycles. The first-order valence-electron chi connectivity index (χ1n) is 6.15. The highest BCUT2D eigenvalue weighted by Crippen LogP contribution is 2.35. The molecule has 96 valence electrons. The van der Waals surface area contributed by atoms with Crippen molar-refractivity contribution in [2.24, 2.45) is 5.16 Å². The van der Waals surface area contributed by atoms with E-state index in [4.69, 9.17) is 4.84 Å². The fourth-order valence-corrected chi connectivity index (χ4v) is 3.31. The van der Waals surface area contributed by atoms with Gasteiger partial charge >= 0.3 is 5.97 Å². The monoisotopic (exact) mass is 271 g/mol. The third-order valence-corrected chi connectivity index (χ3v) is 4.12. The predicted octanol–water partition coefficient (Wildman–Crippen LogP) is 3.60. The SMILES string of the molecule is CC(=O)O/N=C1\CCSc2ccc3ccccc3c21. The largest absolute Gasteiger partial charge is 0.331 e. The highest BCUT2D eigenvalue weighted by molar-refractivity contribution is 7.99. The van der Waals surface area contributed by atoms with Crippen LogP contribution in [0.1, 0.15) is 18.9 Å². The lowest BCUT2D eigenvalue weighted by atomic mass is 9.99. The van der Waals surface area contributed by atoms with E-state index < -0.39 is 0 Å². The highest BCUT2D eigenvalue weighted by atomic mass is 32.2. The number of carbonyl (C=O) groups is 1. The van der Waals surface area contributed by atoms with Crippen LogP contribution in [0, 0.1) is 0 Å². The third kappa shape index (κ3) is 2.36. The molecule has 0 saturated heterocycles. The van der Waals surface area contributed by atoms with Crippen molar-refractivity contribution in [3.05, 3.63) is 42.0 Å². The van der Waals surface area contributed by atoms with Crippen LogP contribution < -0.4 is 0 Å². The van der Waals surface area contributed by atoms with E-state index in [0.717, 1.165) is 28.8 Å². The van der Waals surface area contributed by atoms with Crippen LogP contribution in [0.2, 0.25) is 0 Å². The zero-order valence-corrected chi connectivity index (χ0v) is 11.4. The van der Waals surface area contributed by atoms with Gasteiger partial charge in [0.05, 0.1) is 5.71 Å². The Bertz CT molecular complexity index is 679. The average Bonchev–Trinajstić information content (AvgIpc) is 2.44. The van der Waals surface area contributed by atoms with Crippen LogP contribution in [0.15, 0.2) is 46.4 Å². The lowest BCUT2D eigenvalue weighted by Crippen LogP contribution is -2.11. The van der Waals surface area contributed by atoms with Gasteiger partial charge in [-0.3, -0.25) is 0 Å². The molecule has 0 bridgehead atoms. The van der Waals surface area contributed by atoms with Gasteiger partial charge in [-0.15, -0.1) is 11.8 Å². The second-order valence-electron chi connectivity index (χ2n) is 4.38. The second kappa shape index (κ2) is 5.05. The zero-order chi connectivity index (χ0) is 13.2. The molecular formula is C15H13NO2S. The molecule has 1 aliphatic heterocycles. The molecule has 0 N–H and O–H groups in total. The van der Waals surface area contributed by atoms with Crippen molar-refractivity contribution in [2.75, 3.05) is 5.75 Å². The van der Waals surface area contributed by atoms with E-state index in [0.29, 0.717) is 0 Å². The van der Waals surface area contributed by atoms with Crippen molar-refractivity contribution in [1.29, 1.82) is 0 Å². The molecule has 0 aromatic heterocycles. The van der Waals surface area contributed by atoms with Gasteiger partial charge in [-0.05, 0) is 16.8 Å². The lowest BCUT2D eigenvalue weighted by Gasteiger charge is -2.18. The number of thioether (sulfide) groups is 1. The normalized spacial score (nSPS) is 16.4. The molecule has 0 fully saturated rings. The van der Waals surface area contributed by atoms with Crippen LogP contribution in [0.5, 0.6) is 0 Å². The van der Waals surface area contributed by atoms with Crippen LogP contribution in [-0.2, 0) is 9.63 Å². The summed E-state index contributed by atoms with van der Waals surface area (Å²) in [5.41, 5.74) is 1.97. The molecule has 0 amide bonds. The molecule has 3 nitrogen and oxygen atoms in total. The van der Waals surface area contributed by atoms with Gasteiger partial charge in [0.25, 0.3) is 0 Å². The summed E-state index contributed by atoms with van der Waals surface area (Å²) in [7, 11) is 0. The molecule has 19 heavy (non-hydrogen) atoms. The summed E-state index contributed by atoms with van der Waals surface area (Å²) in [5.74, 6) is 0.582. The van der Waals surface area contributed by atoms with Crippen molar-refractivity contribution in [2.45, 2.75) is 18.2 Å². The summed E-state index contributed by atoms with van der Waals surface area (Å²) >= 11 is 1.82. The first-order valence-corrected chi connectivity index (χ1v) is 7.13. The number of benzene rings is 2. The fraction of sp³-hybridized carbons (Fsp3) is 0.200. The molecular weight excluding hydrogens is 258 g/mol. The Morgan fingerprint density at radius 1 is 1.26 bits per heavy atom. The molecule has 4 heteroatoms. The molecule has 0 radical (unpaired) electrons. The number of oxime groups is 1. The van der Waals surface area contributed by atoms with E-state index in [1.165, 1.54) is 17.2 Å². The summed E-state index contributed by atoms with van der Waals surface area (Å²) in [6, 6.07) is 12.4. The van der Waals surface area contributed by atoms with Gasteiger partial charge in [-0.1, -0.05) is 35.5 Å². The topological polar surface area (TPSA) is 38.7 Å². The molecule has 0 saturated carbocycles. The Hall–Kier alpha value is -1.81. The van der Waals surface area contributed by atoms with Crippen molar-refractivity contribution < 1.29 is 9.63 Å². The Morgan fingerprint density at radius 3 is 2.95 bits per heavy atom. The van der Waals surface area contributed by atoms with E-state index in [9.17, 15) is 4.79 Å². The van der Waals surface area contributed by atoms with Crippen LogP contribution in [0.4, 0.5) is 0 Å². The summed E-state index contributed by atoms with van der Waals surface area (Å²) < 4.78 is 0. The van der Waals surface area contributed by atoms with Gasteiger partial charge in [0.2, 0.25) is 0 Å². The van der Waals surface area contributed by atoms with E-state index in [1.807, 2.05) is 23.9 Å². The van der Waals surface area contributed by atoms with Crippen molar-refractivity contribution in [1.82, 2.24) is 0 Å². The fourth-order valence-electron chi connectivity index (χ4n) is 2.26. The molecule has 0 spiro atoms. The molecule has 3 rings (SSSR count). The summed E-state index contributed by atoms with van der Waals surface area (Å²) in [5, 5.41) is 6.37. The van der Waals surface area contributed by atoms with E-state index in [1.54, 1.807) is 0 Å². The predicted molar refractivity (Wildman–Crippen MR) is 77.6 cm³/mol. The molecule has 0 atom stereocenters. The van der Waals surface area contributed by atoms with Crippen molar-refractivity contribution in [3.8, 4) is 0 Å². The number of hydrogen-bond donors (Lipinski definition) is 0. The molecule has 1 aliphatic rings. The van der Waals surface area contributed by atoms with Gasteiger partial charge < -0.3 is 4.84 Å². The average molecular weight is 271 g/mol. The van der Waals surface area contributed by atoms with E-state index in [-0.39, 0.29) is 5.97 Å². The van der Waals surface area contributed by atoms with Gasteiger partial charge in [0.15, 0.2) is 0 Å². The van der Waals surface area contributed by atoms with Crippen LogP contribution in [0.3, 0.4) is 0 Å². The standard InChI is InChI=1S/C15H13NO2S/c1-10(17)18-16-13-8-9-19-14-7-6-11-4-2-3-5-12(11)15(13)14/h2-7H,8-9H2,1H3/b16-13+. The van der Waals surface area contributed by atoms with Gasteiger partial charge in [-0.25, -0.2) is 4.79 Å². The van der Waals surface area contributed by atoms with Crippen LogP contribution in [0.25, 0.3) is 10.8 Å². The number of nitrogens with zero attached hydrogens (tertiary/aromatic N) is 1. The third-order valence-electron chi connectivity index (χ3n) is 3.06. The molecule has 2 aromatic rings. The minimum absolute atomic E-state index is 0.382. The van der Waals surface area contributed by atoms with Gasteiger partial charge in [0, 0.05) is 29.6 Å². The maximum atomic E-state index is 10.9. The number of carbonyl (C=O) groups excluding carboxylic acids is 1. The van der Waals surface area contributed by atoms with Crippen molar-refractivity contribution >= 4 is 34.2 Å². The maximum Gasteiger partial charge on any atom is 0.331 e. The Labute approximate surface area is 115 Å². The van der Waals surface area contributed by atoms with Crippen molar-refractivity contribution in [3.63, 3.8) is 0 Å². The maximum absolute atomic E-state index is 10.9. The lowest BCUT2D eigenvalue weighted by molar-refractivity contribution is -0.140. The minimum atomic E-state index is -0.382. The smallest absolute Gasteiger partial charge is 0.318 e. The summed E-state index contributed by atoms with van der Waals surface area (Å²) in [4.78, 5) is 17.0. The van der Waals surface area contributed by atoms with Crippen LogP contribution >= 0.6 is 11.8 Å². The summed E-state index contributed by atoms with van der Waals surface area (Å²) in [6.07, 6.45) is 0.818. The number of hydrogen-bond acceptors (Lipinski definition) is 4. The molecule has 2 aromatic carbocycles. The molecule has 0 aliphatic carbocycles. The Balaban J connectivity index is 2.18. The minimum Gasteiger partial charge on any atom is -0.318 e. The quantitative estimate of drug-likeness (QED) is 0.587. The first-order chi connectivity index (χ1) is 9.25. The first kappa shape index (κ1) is 12.2. The van der Waals surface area contributed by atoms with Gasteiger partial charge in [0.1, 0.15) is 0 Å². The summed E-state index contributed by atoms with van der Waals surface area (Å²) in [6.45, 7) is 1.37.